The zero-order valence-corrected chi connectivity index (χ0v) is 33.3. The molecule has 0 unspecified atom stereocenters. The summed E-state index contributed by atoms with van der Waals surface area (Å²) in [5.74, 6) is 0. The Morgan fingerprint density at radius 3 is 1.27 bits per heavy atom. The number of nitrogens with zero attached hydrogens (tertiary/aromatic N) is 7. The summed E-state index contributed by atoms with van der Waals surface area (Å²) in [7, 11) is 0. The topological polar surface area (TPSA) is 129 Å². The van der Waals surface area contributed by atoms with Crippen molar-refractivity contribution in [3.05, 3.63) is 191 Å². The highest BCUT2D eigenvalue weighted by molar-refractivity contribution is 6.13. The first-order chi connectivity index (χ1) is 31.1. The van der Waals surface area contributed by atoms with E-state index in [9.17, 15) is 39.5 Å². The van der Waals surface area contributed by atoms with Crippen LogP contribution in [0.5, 0.6) is 0 Å². The fraction of sp³-hybridized carbons (Fsp3) is 0.0185. The zero-order valence-electron chi connectivity index (χ0n) is 33.3. The van der Waals surface area contributed by atoms with E-state index in [0.717, 1.165) is 55.8 Å². The Bertz CT molecular complexity index is 3790. The number of halogens is 3. The van der Waals surface area contributed by atoms with Crippen LogP contribution in [0.25, 0.3) is 88.4 Å². The van der Waals surface area contributed by atoms with Crippen LogP contribution in [0.3, 0.4) is 0 Å². The van der Waals surface area contributed by atoms with E-state index in [0.29, 0.717) is 66.8 Å². The van der Waals surface area contributed by atoms with Crippen LogP contribution < -0.4 is 0 Å². The first kappa shape index (κ1) is 38.8. The molecule has 10 heteroatoms. The summed E-state index contributed by atoms with van der Waals surface area (Å²) in [6.45, 7) is 0. The minimum absolute atomic E-state index is 0.233. The van der Waals surface area contributed by atoms with Crippen LogP contribution in [-0.4, -0.2) is 9.13 Å². The van der Waals surface area contributed by atoms with Crippen molar-refractivity contribution in [1.29, 1.82) is 26.3 Å². The summed E-state index contributed by atoms with van der Waals surface area (Å²) in [6.07, 6.45) is -4.69. The summed E-state index contributed by atoms with van der Waals surface area (Å²) >= 11 is 0. The third-order valence-electron chi connectivity index (χ3n) is 11.6. The SMILES string of the molecule is N#Cc1cc(C#N)cc(-c2ccc3c(c2)c2ccccc2n3-c2ccc(C#N)cc2-c2ccc(C(F)(F)F)cc2-n2c3ccccc3c3cc(-c4cc(C#N)cc(C#N)c4)ccc32)c1. The summed E-state index contributed by atoms with van der Waals surface area (Å²) in [4.78, 5) is 0. The Kier molecular flexibility index (Phi) is 9.06. The lowest BCUT2D eigenvalue weighted by Gasteiger charge is -2.20. The molecule has 298 valence electrons. The van der Waals surface area contributed by atoms with E-state index < -0.39 is 11.7 Å². The summed E-state index contributed by atoms with van der Waals surface area (Å²) in [6, 6.07) is 56.2. The average Bonchev–Trinajstić information content (AvgIpc) is 3.84. The van der Waals surface area contributed by atoms with Gasteiger partial charge in [0.05, 0.1) is 97.2 Å². The molecule has 8 aromatic carbocycles. The van der Waals surface area contributed by atoms with Gasteiger partial charge < -0.3 is 9.13 Å². The maximum atomic E-state index is 14.8. The number of benzene rings is 8. The molecule has 0 aliphatic rings. The molecule has 0 bridgehead atoms. The van der Waals surface area contributed by atoms with Crippen LogP contribution in [0.2, 0.25) is 0 Å². The van der Waals surface area contributed by atoms with Gasteiger partial charge in [-0.15, -0.1) is 0 Å². The van der Waals surface area contributed by atoms with E-state index >= 15 is 0 Å². The van der Waals surface area contributed by atoms with Crippen molar-refractivity contribution in [3.63, 3.8) is 0 Å². The molecule has 10 rings (SSSR count). The van der Waals surface area contributed by atoms with Crippen LogP contribution in [0, 0.1) is 56.7 Å². The van der Waals surface area contributed by atoms with Crippen molar-refractivity contribution < 1.29 is 13.2 Å². The fourth-order valence-corrected chi connectivity index (χ4v) is 8.81. The van der Waals surface area contributed by atoms with Gasteiger partial charge in [-0.1, -0.05) is 54.6 Å². The molecule has 0 saturated heterocycles. The number of fused-ring (bicyclic) bond motifs is 6. The molecule has 2 aromatic heterocycles. The minimum atomic E-state index is -4.69. The number of alkyl halides is 3. The molecular formula is C54H26F3N7. The van der Waals surface area contributed by atoms with Crippen molar-refractivity contribution in [3.8, 4) is 75.1 Å². The summed E-state index contributed by atoms with van der Waals surface area (Å²) in [5.41, 5.74) is 8.30. The van der Waals surface area contributed by atoms with Crippen LogP contribution in [-0.2, 0) is 6.18 Å². The highest BCUT2D eigenvalue weighted by atomic mass is 19.4. The minimum Gasteiger partial charge on any atom is -0.309 e. The second-order valence-electron chi connectivity index (χ2n) is 15.3. The van der Waals surface area contributed by atoms with Gasteiger partial charge in [0, 0.05) is 32.7 Å². The van der Waals surface area contributed by atoms with Gasteiger partial charge in [-0.3, -0.25) is 0 Å². The van der Waals surface area contributed by atoms with Crippen LogP contribution >= 0.6 is 0 Å². The quantitative estimate of drug-likeness (QED) is 0.171. The molecule has 10 aromatic rings. The Hall–Kier alpha value is -9.40. The second-order valence-corrected chi connectivity index (χ2v) is 15.3. The van der Waals surface area contributed by atoms with Crippen LogP contribution in [0.4, 0.5) is 13.2 Å². The Balaban J connectivity index is 1.25. The lowest BCUT2D eigenvalue weighted by atomic mass is 9.96. The van der Waals surface area contributed by atoms with E-state index in [1.165, 1.54) is 18.2 Å². The first-order valence-electron chi connectivity index (χ1n) is 19.8. The summed E-state index contributed by atoms with van der Waals surface area (Å²) in [5, 5.41) is 52.3. The van der Waals surface area contributed by atoms with Gasteiger partial charge in [0.2, 0.25) is 0 Å². The van der Waals surface area contributed by atoms with E-state index in [2.05, 4.69) is 30.3 Å². The van der Waals surface area contributed by atoms with Crippen LogP contribution in [0.15, 0.2) is 158 Å². The molecule has 7 nitrogen and oxygen atoms in total. The van der Waals surface area contributed by atoms with Gasteiger partial charge in [0.15, 0.2) is 0 Å². The summed E-state index contributed by atoms with van der Waals surface area (Å²) < 4.78 is 48.3. The molecule has 0 fully saturated rings. The smallest absolute Gasteiger partial charge is 0.309 e. The maximum absolute atomic E-state index is 14.8. The number of nitriles is 5. The zero-order chi connectivity index (χ0) is 44.3. The largest absolute Gasteiger partial charge is 0.416 e. The van der Waals surface area contributed by atoms with E-state index in [1.54, 1.807) is 36.4 Å². The van der Waals surface area contributed by atoms with E-state index in [4.69, 9.17) is 0 Å². The predicted molar refractivity (Wildman–Crippen MR) is 240 cm³/mol. The van der Waals surface area contributed by atoms with Crippen molar-refractivity contribution in [2.24, 2.45) is 0 Å². The van der Waals surface area contributed by atoms with Gasteiger partial charge >= 0.3 is 6.18 Å². The fourth-order valence-electron chi connectivity index (χ4n) is 8.81. The van der Waals surface area contributed by atoms with E-state index in [1.807, 2.05) is 100 Å². The number of hydrogen-bond donors (Lipinski definition) is 0. The maximum Gasteiger partial charge on any atom is 0.416 e. The first-order valence-corrected chi connectivity index (χ1v) is 19.8. The molecule has 0 saturated carbocycles. The molecule has 0 aliphatic heterocycles. The van der Waals surface area contributed by atoms with Crippen molar-refractivity contribution in [2.45, 2.75) is 6.18 Å². The van der Waals surface area contributed by atoms with Gasteiger partial charge in [-0.2, -0.15) is 39.5 Å². The molecule has 0 amide bonds. The molecule has 64 heavy (non-hydrogen) atoms. The average molecular weight is 830 g/mol. The van der Waals surface area contributed by atoms with Crippen molar-refractivity contribution in [1.82, 2.24) is 9.13 Å². The van der Waals surface area contributed by atoms with Gasteiger partial charge in [0.25, 0.3) is 0 Å². The Morgan fingerprint density at radius 1 is 0.344 bits per heavy atom. The van der Waals surface area contributed by atoms with Gasteiger partial charge in [-0.25, -0.2) is 0 Å². The van der Waals surface area contributed by atoms with Crippen molar-refractivity contribution >= 4 is 43.6 Å². The molecule has 0 spiro atoms. The third kappa shape index (κ3) is 6.34. The molecular weight excluding hydrogens is 804 g/mol. The van der Waals surface area contributed by atoms with Crippen LogP contribution in [0.1, 0.15) is 33.4 Å². The molecule has 0 atom stereocenters. The normalized spacial score (nSPS) is 11.3. The highest BCUT2D eigenvalue weighted by Gasteiger charge is 2.32. The number of para-hydroxylation sites is 2. The highest BCUT2D eigenvalue weighted by Crippen LogP contribution is 2.44. The molecule has 0 N–H and O–H groups in total. The van der Waals surface area contributed by atoms with Gasteiger partial charge in [-0.05, 0) is 125 Å². The monoisotopic (exact) mass is 829 g/mol. The third-order valence-corrected chi connectivity index (χ3v) is 11.6. The Morgan fingerprint density at radius 2 is 0.797 bits per heavy atom. The van der Waals surface area contributed by atoms with E-state index in [-0.39, 0.29) is 5.69 Å². The standard InChI is InChI=1S/C54H26F3N7/c55-54(56,57)41-12-13-44(53(26-41)64-49-8-4-2-6-43(49)47-25-38(11-16-52(47)64)40-21-35(30-61)18-36(22-40)31-62)45-23-32(27-58)9-14-50(45)63-48-7-3-1-5-42(48)46-24-37(10-15-51(46)63)39-19-33(28-59)17-34(20-39)29-60/h1-26H. The molecule has 2 heterocycles. The molecule has 0 aliphatic carbocycles. The number of rotatable bonds is 5. The van der Waals surface area contributed by atoms with Crippen molar-refractivity contribution in [2.75, 3.05) is 0 Å². The predicted octanol–water partition coefficient (Wildman–Crippen LogP) is 13.3. The second kappa shape index (κ2) is 14.9. The Labute approximate surface area is 363 Å². The number of aromatic nitrogens is 2. The molecule has 0 radical (unpaired) electrons. The lowest BCUT2D eigenvalue weighted by molar-refractivity contribution is -0.137. The number of hydrogen-bond acceptors (Lipinski definition) is 5. The van der Waals surface area contributed by atoms with Gasteiger partial charge in [0.1, 0.15) is 0 Å². The lowest BCUT2D eigenvalue weighted by Crippen LogP contribution is -2.08.